The molecule has 4 heteroatoms. The molecule has 1 heterocycles. The first-order valence-corrected chi connectivity index (χ1v) is 8.59. The van der Waals surface area contributed by atoms with Crippen molar-refractivity contribution in [3.63, 3.8) is 0 Å². The molecule has 2 aromatic rings. The maximum Gasteiger partial charge on any atom is 0.287 e. The molecule has 1 fully saturated rings. The van der Waals surface area contributed by atoms with Gasteiger partial charge in [-0.05, 0) is 37.1 Å². The summed E-state index contributed by atoms with van der Waals surface area (Å²) in [5, 5.41) is 2.95. The quantitative estimate of drug-likeness (QED) is 0.889. The van der Waals surface area contributed by atoms with Gasteiger partial charge in [-0.15, -0.1) is 0 Å². The zero-order valence-corrected chi connectivity index (χ0v) is 14.0. The molecular formula is C20H24FN2O+. The molecule has 1 aliphatic rings. The van der Waals surface area contributed by atoms with E-state index < -0.39 is 0 Å². The Morgan fingerprint density at radius 3 is 2.54 bits per heavy atom. The fraction of sp³-hybridized carbons (Fsp3) is 0.350. The minimum absolute atomic E-state index is 0.0306. The van der Waals surface area contributed by atoms with E-state index in [-0.39, 0.29) is 17.8 Å². The SMILES string of the molecule is C[C@H]1CCC[NH+]([C@H](C(=O)Nc2ccc(F)cc2)c2ccccc2)C1. The Morgan fingerprint density at radius 1 is 1.17 bits per heavy atom. The van der Waals surface area contributed by atoms with Crippen LogP contribution in [0, 0.1) is 11.7 Å². The maximum atomic E-state index is 13.1. The fourth-order valence-corrected chi connectivity index (χ4v) is 3.56. The number of halogens is 1. The van der Waals surface area contributed by atoms with Crippen LogP contribution in [0.1, 0.15) is 31.4 Å². The number of quaternary nitrogens is 1. The molecule has 0 bridgehead atoms. The summed E-state index contributed by atoms with van der Waals surface area (Å²) in [5.74, 6) is 0.290. The van der Waals surface area contributed by atoms with Gasteiger partial charge in [0.1, 0.15) is 5.82 Å². The number of piperidine rings is 1. The average Bonchev–Trinajstić information content (AvgIpc) is 2.58. The van der Waals surface area contributed by atoms with Crippen LogP contribution in [0.3, 0.4) is 0 Å². The van der Waals surface area contributed by atoms with Gasteiger partial charge in [-0.3, -0.25) is 4.79 Å². The van der Waals surface area contributed by atoms with Crippen LogP contribution in [0.15, 0.2) is 54.6 Å². The molecule has 1 aliphatic heterocycles. The summed E-state index contributed by atoms with van der Waals surface area (Å²) >= 11 is 0. The van der Waals surface area contributed by atoms with Gasteiger partial charge >= 0.3 is 0 Å². The molecule has 0 saturated carbocycles. The smallest absolute Gasteiger partial charge is 0.287 e. The molecule has 1 saturated heterocycles. The third-order valence-corrected chi connectivity index (χ3v) is 4.72. The van der Waals surface area contributed by atoms with Gasteiger partial charge in [0, 0.05) is 17.2 Å². The van der Waals surface area contributed by atoms with E-state index in [1.54, 1.807) is 12.1 Å². The Bertz CT molecular complexity index is 672. The number of carbonyl (C=O) groups excluding carboxylic acids is 1. The molecule has 24 heavy (non-hydrogen) atoms. The van der Waals surface area contributed by atoms with Crippen molar-refractivity contribution in [2.45, 2.75) is 25.8 Å². The third kappa shape index (κ3) is 4.01. The van der Waals surface area contributed by atoms with E-state index in [0.717, 1.165) is 25.1 Å². The largest absolute Gasteiger partial charge is 0.321 e. The highest BCUT2D eigenvalue weighted by Gasteiger charge is 2.34. The predicted octanol–water partition coefficient (Wildman–Crippen LogP) is 2.82. The Balaban J connectivity index is 1.83. The van der Waals surface area contributed by atoms with Crippen molar-refractivity contribution < 1.29 is 14.1 Å². The van der Waals surface area contributed by atoms with Crippen molar-refractivity contribution in [3.8, 4) is 0 Å². The first-order chi connectivity index (χ1) is 11.6. The summed E-state index contributed by atoms with van der Waals surface area (Å²) < 4.78 is 13.1. The van der Waals surface area contributed by atoms with Crippen molar-refractivity contribution in [3.05, 3.63) is 66.0 Å². The average molecular weight is 327 g/mol. The summed E-state index contributed by atoms with van der Waals surface area (Å²) in [6.45, 7) is 4.25. The summed E-state index contributed by atoms with van der Waals surface area (Å²) in [7, 11) is 0. The first kappa shape index (κ1) is 16.7. The Labute approximate surface area is 142 Å². The predicted molar refractivity (Wildman–Crippen MR) is 93.3 cm³/mol. The van der Waals surface area contributed by atoms with Crippen LogP contribution < -0.4 is 10.2 Å². The maximum absolute atomic E-state index is 13.1. The van der Waals surface area contributed by atoms with E-state index in [1.165, 1.54) is 23.5 Å². The van der Waals surface area contributed by atoms with Crippen LogP contribution in [0.4, 0.5) is 10.1 Å². The van der Waals surface area contributed by atoms with E-state index in [9.17, 15) is 9.18 Å². The molecule has 1 amide bonds. The molecule has 126 valence electrons. The third-order valence-electron chi connectivity index (χ3n) is 4.72. The van der Waals surface area contributed by atoms with Crippen molar-refractivity contribution in [2.75, 3.05) is 18.4 Å². The number of carbonyl (C=O) groups is 1. The van der Waals surface area contributed by atoms with E-state index in [0.29, 0.717) is 11.6 Å². The number of amides is 1. The lowest BCUT2D eigenvalue weighted by Gasteiger charge is -2.33. The zero-order chi connectivity index (χ0) is 16.9. The van der Waals surface area contributed by atoms with Gasteiger partial charge in [-0.1, -0.05) is 37.3 Å². The van der Waals surface area contributed by atoms with Crippen LogP contribution in [0.2, 0.25) is 0 Å². The number of benzene rings is 2. The van der Waals surface area contributed by atoms with Crippen molar-refractivity contribution in [1.29, 1.82) is 0 Å². The lowest BCUT2D eigenvalue weighted by molar-refractivity contribution is -0.929. The highest BCUT2D eigenvalue weighted by molar-refractivity contribution is 5.94. The molecule has 0 radical (unpaired) electrons. The lowest BCUT2D eigenvalue weighted by Crippen LogP contribution is -3.14. The number of nitrogens with one attached hydrogen (secondary N) is 2. The number of hydrogen-bond acceptors (Lipinski definition) is 1. The number of hydrogen-bond donors (Lipinski definition) is 2. The fourth-order valence-electron chi connectivity index (χ4n) is 3.56. The molecular weight excluding hydrogens is 303 g/mol. The lowest BCUT2D eigenvalue weighted by atomic mass is 9.95. The molecule has 1 unspecified atom stereocenters. The zero-order valence-electron chi connectivity index (χ0n) is 14.0. The normalized spacial score (nSPS) is 21.9. The molecule has 0 spiro atoms. The monoisotopic (exact) mass is 327 g/mol. The van der Waals surface area contributed by atoms with Gasteiger partial charge in [0.15, 0.2) is 6.04 Å². The van der Waals surface area contributed by atoms with Gasteiger partial charge in [-0.2, -0.15) is 0 Å². The number of likely N-dealkylation sites (tertiary alicyclic amines) is 1. The van der Waals surface area contributed by atoms with E-state index in [1.807, 2.05) is 30.3 Å². The molecule has 2 aromatic carbocycles. The van der Waals surface area contributed by atoms with Gasteiger partial charge in [-0.25, -0.2) is 4.39 Å². The van der Waals surface area contributed by atoms with Gasteiger partial charge in [0.25, 0.3) is 5.91 Å². The minimum Gasteiger partial charge on any atom is -0.321 e. The van der Waals surface area contributed by atoms with E-state index >= 15 is 0 Å². The molecule has 3 atom stereocenters. The van der Waals surface area contributed by atoms with Crippen molar-refractivity contribution >= 4 is 11.6 Å². The Hall–Kier alpha value is -2.20. The van der Waals surface area contributed by atoms with Gasteiger partial charge in [0.2, 0.25) is 0 Å². The van der Waals surface area contributed by atoms with Gasteiger partial charge in [0.05, 0.1) is 13.1 Å². The summed E-state index contributed by atoms with van der Waals surface area (Å²) in [6, 6.07) is 15.6. The van der Waals surface area contributed by atoms with Gasteiger partial charge < -0.3 is 10.2 Å². The second-order valence-corrected chi connectivity index (χ2v) is 6.70. The summed E-state index contributed by atoms with van der Waals surface area (Å²) in [6.07, 6.45) is 2.37. The highest BCUT2D eigenvalue weighted by Crippen LogP contribution is 2.16. The Kier molecular flexibility index (Phi) is 5.26. The van der Waals surface area contributed by atoms with E-state index in [4.69, 9.17) is 0 Å². The number of anilines is 1. The Morgan fingerprint density at radius 2 is 1.88 bits per heavy atom. The standard InChI is InChI=1S/C20H23FN2O/c1-15-6-5-13-23(14-15)19(16-7-3-2-4-8-16)20(24)22-18-11-9-17(21)10-12-18/h2-4,7-12,15,19H,5-6,13-14H2,1H3,(H,22,24)/p+1/t15-,19-/m0/s1. The van der Waals surface area contributed by atoms with Crippen LogP contribution in [-0.2, 0) is 4.79 Å². The second kappa shape index (κ2) is 7.58. The van der Waals surface area contributed by atoms with Crippen molar-refractivity contribution in [2.24, 2.45) is 5.92 Å². The summed E-state index contributed by atoms with van der Waals surface area (Å²) in [4.78, 5) is 14.3. The second-order valence-electron chi connectivity index (χ2n) is 6.70. The van der Waals surface area contributed by atoms with Crippen LogP contribution in [-0.4, -0.2) is 19.0 Å². The van der Waals surface area contributed by atoms with Crippen LogP contribution in [0.25, 0.3) is 0 Å². The highest BCUT2D eigenvalue weighted by atomic mass is 19.1. The van der Waals surface area contributed by atoms with Crippen LogP contribution >= 0.6 is 0 Å². The molecule has 0 aliphatic carbocycles. The molecule has 2 N–H and O–H groups in total. The van der Waals surface area contributed by atoms with Crippen LogP contribution in [0.5, 0.6) is 0 Å². The van der Waals surface area contributed by atoms with Crippen molar-refractivity contribution in [1.82, 2.24) is 0 Å². The van der Waals surface area contributed by atoms with E-state index in [2.05, 4.69) is 12.2 Å². The topological polar surface area (TPSA) is 33.5 Å². The molecule has 0 aromatic heterocycles. The number of rotatable bonds is 4. The molecule has 3 rings (SSSR count). The first-order valence-electron chi connectivity index (χ1n) is 8.59. The summed E-state index contributed by atoms with van der Waals surface area (Å²) in [5.41, 5.74) is 1.66. The molecule has 3 nitrogen and oxygen atoms in total. The minimum atomic E-state index is -0.303.